The van der Waals surface area contributed by atoms with Gasteiger partial charge in [-0.25, -0.2) is 0 Å². The van der Waals surface area contributed by atoms with Gasteiger partial charge >= 0.3 is 0 Å². The summed E-state index contributed by atoms with van der Waals surface area (Å²) < 4.78 is 0. The zero-order chi connectivity index (χ0) is 12.5. The molecule has 2 heterocycles. The van der Waals surface area contributed by atoms with Crippen molar-refractivity contribution in [3.05, 3.63) is 29.3 Å². The van der Waals surface area contributed by atoms with Gasteiger partial charge in [-0.3, -0.25) is 0 Å². The number of halogens is 1. The Hall–Kier alpha value is -0.730. The van der Waals surface area contributed by atoms with Crippen molar-refractivity contribution in [2.24, 2.45) is 11.7 Å². The van der Waals surface area contributed by atoms with Gasteiger partial charge < -0.3 is 10.6 Å². The van der Waals surface area contributed by atoms with Gasteiger partial charge in [0.25, 0.3) is 0 Å². The summed E-state index contributed by atoms with van der Waals surface area (Å²) >= 11 is 5.97. The molecule has 2 bridgehead atoms. The highest BCUT2D eigenvalue weighted by Gasteiger charge is 2.40. The van der Waals surface area contributed by atoms with Crippen LogP contribution in [0.5, 0.6) is 0 Å². The van der Waals surface area contributed by atoms with Gasteiger partial charge in [0.05, 0.1) is 0 Å². The zero-order valence-electron chi connectivity index (χ0n) is 10.7. The molecule has 2 atom stereocenters. The summed E-state index contributed by atoms with van der Waals surface area (Å²) in [5, 5.41) is 0.823. The first-order chi connectivity index (χ1) is 8.78. The van der Waals surface area contributed by atoms with Gasteiger partial charge in [0.1, 0.15) is 0 Å². The maximum absolute atomic E-state index is 5.97. The Bertz CT molecular complexity index is 389. The van der Waals surface area contributed by atoms with Crippen LogP contribution in [0.25, 0.3) is 0 Å². The number of nitrogens with zero attached hydrogens (tertiary/aromatic N) is 1. The summed E-state index contributed by atoms with van der Waals surface area (Å²) in [7, 11) is 0. The third kappa shape index (κ3) is 2.24. The monoisotopic (exact) mass is 264 g/mol. The third-order valence-corrected chi connectivity index (χ3v) is 4.78. The number of hydrogen-bond acceptors (Lipinski definition) is 2. The normalized spacial score (nSPS) is 30.8. The van der Waals surface area contributed by atoms with E-state index in [9.17, 15) is 0 Å². The van der Waals surface area contributed by atoms with Crippen molar-refractivity contribution in [1.82, 2.24) is 0 Å². The van der Waals surface area contributed by atoms with Gasteiger partial charge in [-0.15, -0.1) is 0 Å². The van der Waals surface area contributed by atoms with Crippen molar-refractivity contribution in [2.75, 3.05) is 11.4 Å². The molecule has 98 valence electrons. The van der Waals surface area contributed by atoms with Gasteiger partial charge in [-0.05, 0) is 68.8 Å². The highest BCUT2D eigenvalue weighted by molar-refractivity contribution is 6.30. The predicted octanol–water partition coefficient (Wildman–Crippen LogP) is 3.44. The molecule has 1 aromatic rings. The molecule has 3 rings (SSSR count). The van der Waals surface area contributed by atoms with Crippen LogP contribution in [-0.2, 0) is 0 Å². The third-order valence-electron chi connectivity index (χ3n) is 4.53. The molecule has 2 N–H and O–H groups in total. The van der Waals surface area contributed by atoms with E-state index in [0.29, 0.717) is 0 Å². The molecule has 2 unspecified atom stereocenters. The summed E-state index contributed by atoms with van der Waals surface area (Å²) in [4.78, 5) is 2.63. The molecule has 3 heteroatoms. The van der Waals surface area contributed by atoms with Crippen molar-refractivity contribution in [3.8, 4) is 0 Å². The Morgan fingerprint density at radius 2 is 1.72 bits per heavy atom. The minimum Gasteiger partial charge on any atom is -0.366 e. The van der Waals surface area contributed by atoms with Gasteiger partial charge in [-0.2, -0.15) is 0 Å². The van der Waals surface area contributed by atoms with Gasteiger partial charge in [-0.1, -0.05) is 11.6 Å². The minimum atomic E-state index is 0.724. The van der Waals surface area contributed by atoms with E-state index >= 15 is 0 Å². The van der Waals surface area contributed by atoms with E-state index in [1.165, 1.54) is 37.8 Å². The van der Waals surface area contributed by atoms with E-state index < -0.39 is 0 Å². The van der Waals surface area contributed by atoms with E-state index in [1.807, 2.05) is 12.1 Å². The number of hydrogen-bond donors (Lipinski definition) is 1. The molecule has 2 saturated heterocycles. The van der Waals surface area contributed by atoms with Crippen LogP contribution in [0.2, 0.25) is 5.02 Å². The molecule has 0 aliphatic carbocycles. The first-order valence-electron chi connectivity index (χ1n) is 7.02. The predicted molar refractivity (Wildman–Crippen MR) is 77.1 cm³/mol. The standard InChI is InChI=1S/C15H21ClN2/c16-12-1-3-13(4-2-12)18-14-5-6-15(18)10-11(9-14)7-8-17/h1-4,11,14-15H,5-10,17H2. The molecule has 2 fully saturated rings. The lowest BCUT2D eigenvalue weighted by atomic mass is 9.88. The van der Waals surface area contributed by atoms with Crippen molar-refractivity contribution in [3.63, 3.8) is 0 Å². The Kier molecular flexibility index (Phi) is 3.49. The van der Waals surface area contributed by atoms with Crippen LogP contribution >= 0.6 is 11.6 Å². The van der Waals surface area contributed by atoms with Crippen LogP contribution in [0.4, 0.5) is 5.69 Å². The molecule has 1 aromatic carbocycles. The SMILES string of the molecule is NCCC1CC2CCC(C1)N2c1ccc(Cl)cc1. The topological polar surface area (TPSA) is 29.3 Å². The van der Waals surface area contributed by atoms with Crippen LogP contribution < -0.4 is 10.6 Å². The zero-order valence-corrected chi connectivity index (χ0v) is 11.4. The fourth-order valence-electron chi connectivity index (χ4n) is 3.80. The van der Waals surface area contributed by atoms with Crippen LogP contribution in [0.1, 0.15) is 32.1 Å². The number of nitrogens with two attached hydrogens (primary N) is 1. The Morgan fingerprint density at radius 1 is 1.11 bits per heavy atom. The van der Waals surface area contributed by atoms with Crippen LogP contribution in [-0.4, -0.2) is 18.6 Å². The quantitative estimate of drug-likeness (QED) is 0.906. The Morgan fingerprint density at radius 3 is 2.28 bits per heavy atom. The number of fused-ring (bicyclic) bond motifs is 2. The smallest absolute Gasteiger partial charge is 0.0407 e. The van der Waals surface area contributed by atoms with Crippen LogP contribution in [0.3, 0.4) is 0 Å². The molecular formula is C15H21ClN2. The number of rotatable bonds is 3. The largest absolute Gasteiger partial charge is 0.366 e. The van der Waals surface area contributed by atoms with Crippen molar-refractivity contribution in [2.45, 2.75) is 44.2 Å². The molecule has 18 heavy (non-hydrogen) atoms. The molecule has 0 saturated carbocycles. The number of benzene rings is 1. The average molecular weight is 265 g/mol. The first kappa shape index (κ1) is 12.3. The van der Waals surface area contributed by atoms with Crippen LogP contribution in [0.15, 0.2) is 24.3 Å². The van der Waals surface area contributed by atoms with Crippen molar-refractivity contribution < 1.29 is 0 Å². The maximum Gasteiger partial charge on any atom is 0.0407 e. The molecular weight excluding hydrogens is 244 g/mol. The summed E-state index contributed by atoms with van der Waals surface area (Å²) in [5.74, 6) is 0.844. The van der Waals surface area contributed by atoms with E-state index in [4.69, 9.17) is 17.3 Å². The molecule has 0 radical (unpaired) electrons. The van der Waals surface area contributed by atoms with E-state index in [0.717, 1.165) is 29.6 Å². The van der Waals surface area contributed by atoms with Gasteiger partial charge in [0.15, 0.2) is 0 Å². The van der Waals surface area contributed by atoms with Crippen molar-refractivity contribution >= 4 is 17.3 Å². The lowest BCUT2D eigenvalue weighted by Crippen LogP contribution is -2.43. The van der Waals surface area contributed by atoms with Gasteiger partial charge in [0.2, 0.25) is 0 Å². The second-order valence-electron chi connectivity index (χ2n) is 5.68. The minimum absolute atomic E-state index is 0.724. The van der Waals surface area contributed by atoms with E-state index in [2.05, 4.69) is 17.0 Å². The fraction of sp³-hybridized carbons (Fsp3) is 0.600. The van der Waals surface area contributed by atoms with E-state index in [1.54, 1.807) is 0 Å². The summed E-state index contributed by atoms with van der Waals surface area (Å²) in [6, 6.07) is 9.78. The molecule has 2 aliphatic rings. The fourth-order valence-corrected chi connectivity index (χ4v) is 3.92. The summed E-state index contributed by atoms with van der Waals surface area (Å²) in [5.41, 5.74) is 7.05. The second kappa shape index (κ2) is 5.10. The highest BCUT2D eigenvalue weighted by atomic mass is 35.5. The Labute approximate surface area is 114 Å². The second-order valence-corrected chi connectivity index (χ2v) is 6.12. The maximum atomic E-state index is 5.97. The summed E-state index contributed by atoms with van der Waals surface area (Å²) in [6.07, 6.45) is 6.51. The van der Waals surface area contributed by atoms with Gasteiger partial charge in [0, 0.05) is 22.8 Å². The van der Waals surface area contributed by atoms with E-state index in [-0.39, 0.29) is 0 Å². The molecule has 2 nitrogen and oxygen atoms in total. The number of piperidine rings is 1. The Balaban J connectivity index is 1.77. The first-order valence-corrected chi connectivity index (χ1v) is 7.39. The van der Waals surface area contributed by atoms with Crippen molar-refractivity contribution in [1.29, 1.82) is 0 Å². The highest BCUT2D eigenvalue weighted by Crippen LogP contribution is 2.42. The van der Waals surface area contributed by atoms with Crippen LogP contribution in [0, 0.1) is 5.92 Å². The molecule has 0 amide bonds. The molecule has 0 aromatic heterocycles. The molecule has 0 spiro atoms. The average Bonchev–Trinajstić information content (AvgIpc) is 2.63. The number of anilines is 1. The lowest BCUT2D eigenvalue weighted by Gasteiger charge is -2.40. The molecule has 2 aliphatic heterocycles. The summed E-state index contributed by atoms with van der Waals surface area (Å²) in [6.45, 7) is 0.838. The lowest BCUT2D eigenvalue weighted by molar-refractivity contribution is 0.326.